The Labute approximate surface area is 89.1 Å². The van der Waals surface area contributed by atoms with Crippen molar-refractivity contribution in [1.82, 2.24) is 0 Å². The molecule has 1 aromatic rings. The Balaban J connectivity index is 2.07. The van der Waals surface area contributed by atoms with E-state index in [1.54, 1.807) is 6.92 Å². The molecule has 0 aromatic heterocycles. The lowest BCUT2D eigenvalue weighted by Gasteiger charge is -2.34. The summed E-state index contributed by atoms with van der Waals surface area (Å²) < 4.78 is 0. The van der Waals surface area contributed by atoms with E-state index in [-0.39, 0.29) is 5.92 Å². The molecule has 14 heavy (non-hydrogen) atoms. The highest BCUT2D eigenvalue weighted by Crippen LogP contribution is 2.44. The number of hydrogen-bond donors (Lipinski definition) is 0. The molecule has 1 saturated carbocycles. The lowest BCUT2D eigenvalue weighted by atomic mass is 9.70. The third-order valence-corrected chi connectivity index (χ3v) is 3.40. The predicted molar refractivity (Wildman–Crippen MR) is 57.6 cm³/mol. The van der Waals surface area contributed by atoms with E-state index in [2.05, 4.69) is 6.07 Å². The third-order valence-electron chi connectivity index (χ3n) is 3.06. The minimum absolute atomic E-state index is 0.274. The van der Waals surface area contributed by atoms with Crippen LogP contribution >= 0.6 is 11.6 Å². The molecule has 1 aliphatic rings. The van der Waals surface area contributed by atoms with Crippen LogP contribution in [-0.4, -0.2) is 5.78 Å². The van der Waals surface area contributed by atoms with Gasteiger partial charge in [0, 0.05) is 10.9 Å². The van der Waals surface area contributed by atoms with Gasteiger partial charge in [0.1, 0.15) is 5.78 Å². The first-order valence-corrected chi connectivity index (χ1v) is 5.31. The van der Waals surface area contributed by atoms with Crippen LogP contribution in [-0.2, 0) is 4.79 Å². The van der Waals surface area contributed by atoms with Crippen molar-refractivity contribution in [1.29, 1.82) is 0 Å². The summed E-state index contributed by atoms with van der Waals surface area (Å²) in [6.45, 7) is 1.67. The summed E-state index contributed by atoms with van der Waals surface area (Å²) >= 11 is 6.07. The van der Waals surface area contributed by atoms with E-state index < -0.39 is 0 Å². The maximum atomic E-state index is 11.1. The number of carbonyl (C=O) groups excluding carboxylic acids is 1. The van der Waals surface area contributed by atoms with E-state index in [9.17, 15) is 4.79 Å². The highest BCUT2D eigenvalue weighted by atomic mass is 35.5. The number of benzene rings is 1. The van der Waals surface area contributed by atoms with E-state index in [0.29, 0.717) is 11.7 Å². The number of hydrogen-bond acceptors (Lipinski definition) is 1. The summed E-state index contributed by atoms with van der Waals surface area (Å²) in [7, 11) is 0. The van der Waals surface area contributed by atoms with Gasteiger partial charge in [0.15, 0.2) is 0 Å². The smallest absolute Gasteiger partial charge is 0.132 e. The van der Waals surface area contributed by atoms with Gasteiger partial charge in [0.05, 0.1) is 0 Å². The zero-order valence-electron chi connectivity index (χ0n) is 8.16. The van der Waals surface area contributed by atoms with Crippen LogP contribution in [0.3, 0.4) is 0 Å². The standard InChI is InChI=1S/C12H13ClO/c1-8(14)9-6-10(7-9)11-4-2-3-5-12(11)13/h2-5,9-10H,6-7H2,1H3. The van der Waals surface area contributed by atoms with Crippen molar-refractivity contribution >= 4 is 17.4 Å². The van der Waals surface area contributed by atoms with Crippen LogP contribution in [0.15, 0.2) is 24.3 Å². The molecule has 74 valence electrons. The number of rotatable bonds is 2. The van der Waals surface area contributed by atoms with Crippen molar-refractivity contribution in [3.63, 3.8) is 0 Å². The molecule has 2 heteroatoms. The second-order valence-electron chi connectivity index (χ2n) is 4.00. The Bertz CT molecular complexity index is 353. The summed E-state index contributed by atoms with van der Waals surface area (Å²) in [4.78, 5) is 11.1. The van der Waals surface area contributed by atoms with Crippen LogP contribution in [0.4, 0.5) is 0 Å². The Morgan fingerprint density at radius 1 is 1.36 bits per heavy atom. The van der Waals surface area contributed by atoms with Crippen molar-refractivity contribution in [3.05, 3.63) is 34.9 Å². The Morgan fingerprint density at radius 3 is 2.57 bits per heavy atom. The van der Waals surface area contributed by atoms with Crippen molar-refractivity contribution in [2.24, 2.45) is 5.92 Å². The number of halogens is 1. The molecule has 1 fully saturated rings. The van der Waals surface area contributed by atoms with Gasteiger partial charge in [-0.25, -0.2) is 0 Å². The molecule has 2 rings (SSSR count). The van der Waals surface area contributed by atoms with Crippen LogP contribution in [0, 0.1) is 5.92 Å². The Morgan fingerprint density at radius 2 is 2.00 bits per heavy atom. The van der Waals surface area contributed by atoms with E-state index in [1.807, 2.05) is 18.2 Å². The predicted octanol–water partition coefficient (Wildman–Crippen LogP) is 3.42. The van der Waals surface area contributed by atoms with Gasteiger partial charge in [-0.05, 0) is 37.3 Å². The fraction of sp³-hybridized carbons (Fsp3) is 0.417. The van der Waals surface area contributed by atoms with Crippen LogP contribution in [0.25, 0.3) is 0 Å². The van der Waals surface area contributed by atoms with Crippen LogP contribution in [0.2, 0.25) is 5.02 Å². The highest BCUT2D eigenvalue weighted by molar-refractivity contribution is 6.31. The quantitative estimate of drug-likeness (QED) is 0.728. The maximum absolute atomic E-state index is 11.1. The normalized spacial score (nSPS) is 25.6. The molecule has 1 aromatic carbocycles. The molecule has 0 N–H and O–H groups in total. The van der Waals surface area contributed by atoms with E-state index >= 15 is 0 Å². The molecule has 1 nitrogen and oxygen atoms in total. The first kappa shape index (κ1) is 9.72. The molecule has 0 bridgehead atoms. The van der Waals surface area contributed by atoms with Gasteiger partial charge >= 0.3 is 0 Å². The fourth-order valence-electron chi connectivity index (χ4n) is 2.01. The Kier molecular flexibility index (Phi) is 2.60. The number of ketones is 1. The van der Waals surface area contributed by atoms with Gasteiger partial charge in [-0.15, -0.1) is 0 Å². The summed E-state index contributed by atoms with van der Waals surface area (Å²) in [5, 5.41) is 0.833. The first-order chi connectivity index (χ1) is 6.68. The highest BCUT2D eigenvalue weighted by Gasteiger charge is 2.33. The molecule has 1 aliphatic carbocycles. The molecule has 0 saturated heterocycles. The molecule has 0 radical (unpaired) electrons. The maximum Gasteiger partial charge on any atom is 0.132 e. The van der Waals surface area contributed by atoms with E-state index in [1.165, 1.54) is 5.56 Å². The summed E-state index contributed by atoms with van der Waals surface area (Å²) in [5.74, 6) is 1.09. The van der Waals surface area contributed by atoms with Gasteiger partial charge in [0.25, 0.3) is 0 Å². The summed E-state index contributed by atoms with van der Waals surface area (Å²) in [6, 6.07) is 7.91. The molecule has 0 heterocycles. The zero-order valence-corrected chi connectivity index (χ0v) is 8.92. The monoisotopic (exact) mass is 208 g/mol. The largest absolute Gasteiger partial charge is 0.300 e. The summed E-state index contributed by atoms with van der Waals surface area (Å²) in [6.07, 6.45) is 1.94. The molecular formula is C12H13ClO. The molecule has 0 spiro atoms. The van der Waals surface area contributed by atoms with Crippen LogP contribution < -0.4 is 0 Å². The minimum Gasteiger partial charge on any atom is -0.300 e. The topological polar surface area (TPSA) is 17.1 Å². The SMILES string of the molecule is CC(=O)C1CC(c2ccccc2Cl)C1. The van der Waals surface area contributed by atoms with Crippen molar-refractivity contribution in [3.8, 4) is 0 Å². The van der Waals surface area contributed by atoms with Gasteiger partial charge in [0.2, 0.25) is 0 Å². The molecular weight excluding hydrogens is 196 g/mol. The van der Waals surface area contributed by atoms with Gasteiger partial charge in [-0.3, -0.25) is 4.79 Å². The van der Waals surface area contributed by atoms with Crippen molar-refractivity contribution < 1.29 is 4.79 Å². The first-order valence-electron chi connectivity index (χ1n) is 4.93. The minimum atomic E-state index is 0.274. The number of Topliss-reactive ketones (excluding diaryl/α,β-unsaturated/α-hetero) is 1. The average molecular weight is 209 g/mol. The van der Waals surface area contributed by atoms with Crippen LogP contribution in [0.1, 0.15) is 31.2 Å². The molecule has 0 aliphatic heterocycles. The third kappa shape index (κ3) is 1.69. The molecule has 0 atom stereocenters. The van der Waals surface area contributed by atoms with E-state index in [4.69, 9.17) is 11.6 Å². The van der Waals surface area contributed by atoms with Gasteiger partial charge < -0.3 is 0 Å². The second-order valence-corrected chi connectivity index (χ2v) is 4.40. The van der Waals surface area contributed by atoms with Gasteiger partial charge in [-0.2, -0.15) is 0 Å². The zero-order chi connectivity index (χ0) is 10.1. The Hall–Kier alpha value is -0.820. The second kappa shape index (κ2) is 3.74. The van der Waals surface area contributed by atoms with Crippen molar-refractivity contribution in [2.45, 2.75) is 25.7 Å². The van der Waals surface area contributed by atoms with E-state index in [0.717, 1.165) is 17.9 Å². The van der Waals surface area contributed by atoms with Crippen molar-refractivity contribution in [2.75, 3.05) is 0 Å². The fourth-order valence-corrected chi connectivity index (χ4v) is 2.30. The average Bonchev–Trinajstić information content (AvgIpc) is 2.05. The van der Waals surface area contributed by atoms with Crippen LogP contribution in [0.5, 0.6) is 0 Å². The summed E-state index contributed by atoms with van der Waals surface area (Å²) in [5.41, 5.74) is 1.20. The molecule has 0 amide bonds. The lowest BCUT2D eigenvalue weighted by Crippen LogP contribution is -2.27. The molecule has 0 unspecified atom stereocenters. The number of carbonyl (C=O) groups is 1. The lowest BCUT2D eigenvalue weighted by molar-refractivity contribution is -0.123. The van der Waals surface area contributed by atoms with Gasteiger partial charge in [-0.1, -0.05) is 29.8 Å².